The van der Waals surface area contributed by atoms with Crippen LogP contribution in [0.25, 0.3) is 6.08 Å². The predicted molar refractivity (Wildman–Crippen MR) is 178 cm³/mol. The highest BCUT2D eigenvalue weighted by molar-refractivity contribution is 14.1. The number of fused-ring (bicyclic) bond motifs is 1. The molecule has 0 fully saturated rings. The highest BCUT2D eigenvalue weighted by Crippen LogP contribution is 2.33. The van der Waals surface area contributed by atoms with Crippen molar-refractivity contribution in [1.29, 1.82) is 0 Å². The van der Waals surface area contributed by atoms with E-state index in [0.717, 1.165) is 30.4 Å². The van der Waals surface area contributed by atoms with Crippen LogP contribution in [0.15, 0.2) is 70.1 Å². The molecule has 0 amide bonds. The van der Waals surface area contributed by atoms with E-state index in [-0.39, 0.29) is 12.2 Å². The summed E-state index contributed by atoms with van der Waals surface area (Å²) in [4.78, 5) is 32.8. The van der Waals surface area contributed by atoms with Gasteiger partial charge in [-0.3, -0.25) is 9.36 Å². The van der Waals surface area contributed by atoms with E-state index < -0.39 is 12.0 Å². The molecule has 0 aliphatic carbocycles. The number of benzene rings is 2. The van der Waals surface area contributed by atoms with E-state index in [4.69, 9.17) is 14.5 Å². The molecule has 0 saturated carbocycles. The lowest BCUT2D eigenvalue weighted by atomic mass is 9.92. The number of carbonyl (C=O) groups is 1. The summed E-state index contributed by atoms with van der Waals surface area (Å²) < 4.78 is 15.4. The zero-order valence-electron chi connectivity index (χ0n) is 23.0. The van der Waals surface area contributed by atoms with Crippen LogP contribution in [0.2, 0.25) is 0 Å². The summed E-state index contributed by atoms with van der Waals surface area (Å²) in [6.07, 6.45) is 5.03. The van der Waals surface area contributed by atoms with Gasteiger partial charge in [-0.2, -0.15) is 0 Å². The fraction of sp³-hybridized carbons (Fsp3) is 0.323. The minimum absolute atomic E-state index is 0.184. The van der Waals surface area contributed by atoms with Gasteiger partial charge in [-0.15, -0.1) is 0 Å². The second kappa shape index (κ2) is 13.6. The molecule has 40 heavy (non-hydrogen) atoms. The number of rotatable bonds is 10. The number of carbonyl (C=O) groups excluding carboxylic acids is 1. The van der Waals surface area contributed by atoms with Crippen molar-refractivity contribution < 1.29 is 14.3 Å². The van der Waals surface area contributed by atoms with Crippen molar-refractivity contribution in [2.45, 2.75) is 52.5 Å². The molecule has 0 saturated heterocycles. The summed E-state index contributed by atoms with van der Waals surface area (Å²) in [7, 11) is 0. The van der Waals surface area contributed by atoms with Crippen LogP contribution in [0.3, 0.4) is 0 Å². The maximum absolute atomic E-state index is 14.0. The van der Waals surface area contributed by atoms with Gasteiger partial charge in [0.25, 0.3) is 5.56 Å². The topological polar surface area (TPSA) is 69.9 Å². The van der Waals surface area contributed by atoms with Gasteiger partial charge in [0, 0.05) is 0 Å². The lowest BCUT2D eigenvalue weighted by Gasteiger charge is -2.26. The third-order valence-electron chi connectivity index (χ3n) is 6.47. The molecule has 2 heterocycles. The predicted octanol–water partition coefficient (Wildman–Crippen LogP) is 6.48. The second-order valence-electron chi connectivity index (χ2n) is 9.65. The second-order valence-corrected chi connectivity index (χ2v) is 13.0. The SMILES string of the molecule is C=CCOc1c(I)cc(/C=c2\sc3n(c2=O)[C@@H](c2ccc(C(C)C)cc2)C(C(=O)OCC)=C(CCC)N=3)cc1I. The van der Waals surface area contributed by atoms with Gasteiger partial charge in [-0.1, -0.05) is 75.4 Å². The van der Waals surface area contributed by atoms with E-state index in [2.05, 4.69) is 84.7 Å². The summed E-state index contributed by atoms with van der Waals surface area (Å²) in [5.74, 6) is 0.736. The number of thiazole rings is 1. The van der Waals surface area contributed by atoms with Crippen molar-refractivity contribution in [3.8, 4) is 5.75 Å². The Kier molecular flexibility index (Phi) is 10.4. The molecule has 1 aliphatic rings. The molecule has 0 spiro atoms. The first-order valence-electron chi connectivity index (χ1n) is 13.2. The summed E-state index contributed by atoms with van der Waals surface area (Å²) in [5, 5.41) is 0. The Morgan fingerprint density at radius 2 is 1.85 bits per heavy atom. The number of nitrogens with zero attached hydrogens (tertiary/aromatic N) is 2. The number of esters is 1. The van der Waals surface area contributed by atoms with E-state index in [0.29, 0.717) is 39.5 Å². The van der Waals surface area contributed by atoms with Crippen LogP contribution in [-0.2, 0) is 9.53 Å². The minimum atomic E-state index is -0.616. The van der Waals surface area contributed by atoms with Crippen LogP contribution in [0.4, 0.5) is 0 Å². The Bertz CT molecular complexity index is 1610. The standard InChI is InChI=1S/C31H32I2N2O4S/c1-6-9-24-26(30(37)38-8-3)27(21-12-10-20(11-13-21)18(4)5)35-29(36)25(40-31(35)34-24)17-19-15-22(32)28(23(33)16-19)39-14-7-2/h7,10-13,15-18,27H,2,6,8-9,14H2,1,3-5H3/b25-17-/t27-/m0/s1. The number of ether oxygens (including phenoxy) is 2. The average Bonchev–Trinajstić information content (AvgIpc) is 3.22. The fourth-order valence-corrected chi connectivity index (χ4v) is 7.74. The number of allylic oxidation sites excluding steroid dienone is 1. The van der Waals surface area contributed by atoms with Crippen molar-refractivity contribution in [3.05, 3.63) is 104 Å². The highest BCUT2D eigenvalue weighted by Gasteiger charge is 2.34. The van der Waals surface area contributed by atoms with Gasteiger partial charge >= 0.3 is 5.97 Å². The molecule has 9 heteroatoms. The zero-order valence-corrected chi connectivity index (χ0v) is 28.1. The van der Waals surface area contributed by atoms with Crippen molar-refractivity contribution >= 4 is 68.6 Å². The molecular weight excluding hydrogens is 750 g/mol. The molecule has 3 aromatic rings. The number of halogens is 2. The van der Waals surface area contributed by atoms with E-state index in [1.807, 2.05) is 30.3 Å². The number of hydrogen-bond acceptors (Lipinski definition) is 6. The van der Waals surface area contributed by atoms with Crippen LogP contribution >= 0.6 is 56.5 Å². The third kappa shape index (κ3) is 6.46. The monoisotopic (exact) mass is 782 g/mol. The van der Waals surface area contributed by atoms with E-state index >= 15 is 0 Å². The first-order valence-corrected chi connectivity index (χ1v) is 16.2. The molecule has 0 radical (unpaired) electrons. The molecule has 0 bridgehead atoms. The summed E-state index contributed by atoms with van der Waals surface area (Å²) in [6, 6.07) is 11.5. The first kappa shape index (κ1) is 30.7. The smallest absolute Gasteiger partial charge is 0.338 e. The summed E-state index contributed by atoms with van der Waals surface area (Å²) in [6.45, 7) is 12.5. The maximum atomic E-state index is 14.0. The van der Waals surface area contributed by atoms with Gasteiger partial charge < -0.3 is 9.47 Å². The molecule has 0 unspecified atom stereocenters. The molecule has 210 valence electrons. The molecule has 4 rings (SSSR count). The highest BCUT2D eigenvalue weighted by atomic mass is 127. The largest absolute Gasteiger partial charge is 0.487 e. The maximum Gasteiger partial charge on any atom is 0.338 e. The lowest BCUT2D eigenvalue weighted by Crippen LogP contribution is -2.40. The quantitative estimate of drug-likeness (QED) is 0.134. The lowest BCUT2D eigenvalue weighted by molar-refractivity contribution is -0.139. The molecule has 2 aromatic carbocycles. The zero-order chi connectivity index (χ0) is 29.0. The molecule has 1 atom stereocenters. The van der Waals surface area contributed by atoms with Crippen LogP contribution in [0, 0.1) is 7.14 Å². The summed E-state index contributed by atoms with van der Waals surface area (Å²) >= 11 is 5.83. The molecule has 6 nitrogen and oxygen atoms in total. The van der Waals surface area contributed by atoms with Gasteiger partial charge in [0.05, 0.1) is 35.6 Å². The van der Waals surface area contributed by atoms with Crippen LogP contribution in [0.5, 0.6) is 5.75 Å². The van der Waals surface area contributed by atoms with Crippen molar-refractivity contribution in [1.82, 2.24) is 4.57 Å². The van der Waals surface area contributed by atoms with Crippen LogP contribution < -0.4 is 19.6 Å². The van der Waals surface area contributed by atoms with Gasteiger partial charge in [-0.25, -0.2) is 9.79 Å². The summed E-state index contributed by atoms with van der Waals surface area (Å²) in [5.41, 5.74) is 3.87. The molecule has 1 aliphatic heterocycles. The number of aromatic nitrogens is 1. The average molecular weight is 782 g/mol. The van der Waals surface area contributed by atoms with Gasteiger partial charge in [-0.05, 0) is 99.3 Å². The number of hydrogen-bond donors (Lipinski definition) is 0. The van der Waals surface area contributed by atoms with Crippen molar-refractivity contribution in [3.63, 3.8) is 0 Å². The Hall–Kier alpha value is -2.25. The minimum Gasteiger partial charge on any atom is -0.487 e. The van der Waals surface area contributed by atoms with E-state index in [1.165, 1.54) is 16.9 Å². The van der Waals surface area contributed by atoms with Crippen molar-refractivity contribution in [2.24, 2.45) is 4.99 Å². The normalized spacial score (nSPS) is 15.2. The Balaban J connectivity index is 1.93. The van der Waals surface area contributed by atoms with Crippen molar-refractivity contribution in [2.75, 3.05) is 13.2 Å². The van der Waals surface area contributed by atoms with Gasteiger partial charge in [0.1, 0.15) is 12.4 Å². The Labute approximate surface area is 265 Å². The Morgan fingerprint density at radius 1 is 1.18 bits per heavy atom. The van der Waals surface area contributed by atoms with E-state index in [9.17, 15) is 9.59 Å². The Morgan fingerprint density at radius 3 is 2.42 bits per heavy atom. The van der Waals surface area contributed by atoms with Crippen LogP contribution in [0.1, 0.15) is 69.2 Å². The molecule has 0 N–H and O–H groups in total. The first-order chi connectivity index (χ1) is 19.2. The van der Waals surface area contributed by atoms with Crippen LogP contribution in [-0.4, -0.2) is 23.8 Å². The molecule has 1 aromatic heterocycles. The fourth-order valence-electron chi connectivity index (χ4n) is 4.59. The van der Waals surface area contributed by atoms with Gasteiger partial charge in [0.15, 0.2) is 4.80 Å². The third-order valence-corrected chi connectivity index (χ3v) is 9.06. The van der Waals surface area contributed by atoms with Gasteiger partial charge in [0.2, 0.25) is 0 Å². The molecular formula is C31H32I2N2O4S. The van der Waals surface area contributed by atoms with E-state index in [1.54, 1.807) is 17.6 Å².